The molecular formula is C8H16NNaO7S. The third-order valence-corrected chi connectivity index (χ3v) is 2.12. The van der Waals surface area contributed by atoms with E-state index in [9.17, 15) is 18.0 Å². The molecule has 0 unspecified atom stereocenters. The Morgan fingerprint density at radius 2 is 1.83 bits per heavy atom. The maximum atomic E-state index is 11.2. The Morgan fingerprint density at radius 1 is 1.39 bits per heavy atom. The van der Waals surface area contributed by atoms with Crippen LogP contribution >= 0.6 is 0 Å². The molecule has 0 heterocycles. The Hall–Kier alpha value is -0.350. The average molecular weight is 293 g/mol. The van der Waals surface area contributed by atoms with Gasteiger partial charge in [-0.25, -0.2) is 9.59 Å². The number of carboxylic acid groups (broad SMARTS) is 1. The monoisotopic (exact) mass is 293 g/mol. The minimum atomic E-state index is -4.51. The molecule has 0 aliphatic rings. The van der Waals surface area contributed by atoms with Crippen molar-refractivity contribution in [3.8, 4) is 0 Å². The van der Waals surface area contributed by atoms with Crippen molar-refractivity contribution in [3.63, 3.8) is 0 Å². The molecule has 0 saturated carbocycles. The second-order valence-corrected chi connectivity index (χ2v) is 5.78. The number of ether oxygens (including phenoxy) is 1. The standard InChI is InChI=1S/C8H15NO7S.Na.H/c1-8(2,3)16-7(12)9-5(6(10)11)4-17(13,14)15;;/h5H,4H2,1-3H3,(H,9,12)(H,10,11)(H,13,14,15);;/q;+1;-1/t5-;;/m0../s1. The summed E-state index contributed by atoms with van der Waals surface area (Å²) in [7, 11) is -4.51. The van der Waals surface area contributed by atoms with Crippen LogP contribution in [0.3, 0.4) is 0 Å². The SMILES string of the molecule is CC(C)(C)OC(=O)N[C@@H](CS(=O)(=O)O)C(=O)O.[H-].[Na+]. The van der Waals surface area contributed by atoms with Gasteiger partial charge in [-0.1, -0.05) is 0 Å². The third kappa shape index (κ3) is 10.8. The summed E-state index contributed by atoms with van der Waals surface area (Å²) in [6, 6.07) is -1.76. The Bertz CT molecular complexity index is 406. The fourth-order valence-corrected chi connectivity index (χ4v) is 1.48. The molecule has 0 bridgehead atoms. The van der Waals surface area contributed by atoms with Gasteiger partial charge < -0.3 is 16.6 Å². The zero-order chi connectivity index (χ0) is 13.9. The first-order chi connectivity index (χ1) is 7.41. The number of alkyl carbamates (subject to hydrolysis) is 1. The van der Waals surface area contributed by atoms with Gasteiger partial charge in [-0.3, -0.25) is 4.55 Å². The molecular weight excluding hydrogens is 277 g/mol. The number of aliphatic carboxylic acids is 1. The minimum absolute atomic E-state index is 0. The van der Waals surface area contributed by atoms with Crippen molar-refractivity contribution in [1.29, 1.82) is 0 Å². The minimum Gasteiger partial charge on any atom is -1.00 e. The first-order valence-electron chi connectivity index (χ1n) is 4.58. The molecule has 102 valence electrons. The number of rotatable bonds is 4. The molecule has 0 spiro atoms. The second kappa shape index (κ2) is 7.29. The van der Waals surface area contributed by atoms with E-state index in [1.807, 2.05) is 5.32 Å². The first-order valence-corrected chi connectivity index (χ1v) is 6.19. The van der Waals surface area contributed by atoms with Crippen molar-refractivity contribution in [2.75, 3.05) is 5.75 Å². The molecule has 0 aromatic heterocycles. The number of hydrogen-bond donors (Lipinski definition) is 3. The van der Waals surface area contributed by atoms with Crippen molar-refractivity contribution in [2.24, 2.45) is 0 Å². The maximum absolute atomic E-state index is 11.2. The van der Waals surface area contributed by atoms with Crippen LogP contribution in [0.5, 0.6) is 0 Å². The average Bonchev–Trinajstić information content (AvgIpc) is 1.95. The van der Waals surface area contributed by atoms with E-state index in [2.05, 4.69) is 0 Å². The van der Waals surface area contributed by atoms with Crippen LogP contribution in [0.2, 0.25) is 0 Å². The number of carbonyl (C=O) groups excluding carboxylic acids is 1. The van der Waals surface area contributed by atoms with Gasteiger partial charge in [-0.2, -0.15) is 8.42 Å². The molecule has 0 radical (unpaired) electrons. The summed E-state index contributed by atoms with van der Waals surface area (Å²) >= 11 is 0. The molecule has 0 fully saturated rings. The summed E-state index contributed by atoms with van der Waals surface area (Å²) in [6.45, 7) is 4.68. The molecule has 18 heavy (non-hydrogen) atoms. The molecule has 8 nitrogen and oxygen atoms in total. The topological polar surface area (TPSA) is 130 Å². The molecule has 10 heteroatoms. The number of amides is 1. The van der Waals surface area contributed by atoms with E-state index in [1.54, 1.807) is 20.8 Å². The predicted octanol–water partition coefficient (Wildman–Crippen LogP) is -3.03. The van der Waals surface area contributed by atoms with Crippen molar-refractivity contribution < 1.29 is 63.4 Å². The van der Waals surface area contributed by atoms with Crippen molar-refractivity contribution in [1.82, 2.24) is 5.32 Å². The van der Waals surface area contributed by atoms with E-state index in [4.69, 9.17) is 14.4 Å². The van der Waals surface area contributed by atoms with Crippen LogP contribution in [0, 0.1) is 0 Å². The van der Waals surface area contributed by atoms with Crippen LogP contribution in [0.1, 0.15) is 22.2 Å². The fourth-order valence-electron chi connectivity index (χ4n) is 0.835. The Labute approximate surface area is 129 Å². The normalized spacial score (nSPS) is 13.1. The Morgan fingerprint density at radius 3 is 2.11 bits per heavy atom. The molecule has 0 saturated heterocycles. The zero-order valence-corrected chi connectivity index (χ0v) is 13.4. The molecule has 3 N–H and O–H groups in total. The van der Waals surface area contributed by atoms with Crippen LogP contribution in [-0.2, 0) is 19.6 Å². The van der Waals surface area contributed by atoms with Gasteiger partial charge in [0.25, 0.3) is 10.1 Å². The van der Waals surface area contributed by atoms with Crippen LogP contribution in [0.15, 0.2) is 0 Å². The Balaban J connectivity index is -0.00000128. The van der Waals surface area contributed by atoms with Gasteiger partial charge in [0.2, 0.25) is 0 Å². The maximum Gasteiger partial charge on any atom is 1.00 e. The summed E-state index contributed by atoms with van der Waals surface area (Å²) in [4.78, 5) is 21.8. The second-order valence-electron chi connectivity index (χ2n) is 4.29. The summed E-state index contributed by atoms with van der Waals surface area (Å²) in [5.41, 5.74) is -0.842. The van der Waals surface area contributed by atoms with E-state index < -0.39 is 39.6 Å². The van der Waals surface area contributed by atoms with Gasteiger partial charge in [0.1, 0.15) is 17.4 Å². The van der Waals surface area contributed by atoms with Crippen molar-refractivity contribution in [2.45, 2.75) is 32.4 Å². The summed E-state index contributed by atoms with van der Waals surface area (Å²) in [5, 5.41) is 10.5. The van der Waals surface area contributed by atoms with Gasteiger partial charge in [-0.05, 0) is 20.8 Å². The molecule has 1 amide bonds. The van der Waals surface area contributed by atoms with Crippen LogP contribution in [0.25, 0.3) is 0 Å². The van der Waals surface area contributed by atoms with Gasteiger partial charge in [0.05, 0.1) is 0 Å². The summed E-state index contributed by atoms with van der Waals surface area (Å²) in [5.74, 6) is -2.71. The fraction of sp³-hybridized carbons (Fsp3) is 0.750. The van der Waals surface area contributed by atoms with E-state index in [0.29, 0.717) is 0 Å². The number of carboxylic acids is 1. The van der Waals surface area contributed by atoms with E-state index in [0.717, 1.165) is 0 Å². The van der Waals surface area contributed by atoms with Gasteiger partial charge in [-0.15, -0.1) is 0 Å². The third-order valence-electron chi connectivity index (χ3n) is 1.37. The largest absolute Gasteiger partial charge is 1.00 e. The Kier molecular flexibility index (Phi) is 8.09. The molecule has 0 aliphatic carbocycles. The quantitative estimate of drug-likeness (QED) is 0.371. The molecule has 0 aromatic rings. The smallest absolute Gasteiger partial charge is 1.00 e. The van der Waals surface area contributed by atoms with Crippen LogP contribution in [-0.4, -0.2) is 47.5 Å². The molecule has 0 aromatic carbocycles. The van der Waals surface area contributed by atoms with Gasteiger partial charge in [0.15, 0.2) is 0 Å². The van der Waals surface area contributed by atoms with Crippen LogP contribution in [0.4, 0.5) is 4.79 Å². The number of hydrogen-bond acceptors (Lipinski definition) is 5. The van der Waals surface area contributed by atoms with Gasteiger partial charge in [0, 0.05) is 0 Å². The van der Waals surface area contributed by atoms with Crippen molar-refractivity contribution in [3.05, 3.63) is 0 Å². The van der Waals surface area contributed by atoms with E-state index in [-0.39, 0.29) is 31.0 Å². The summed E-state index contributed by atoms with van der Waals surface area (Å²) < 4.78 is 34.3. The summed E-state index contributed by atoms with van der Waals surface area (Å²) in [6.07, 6.45) is -1.08. The van der Waals surface area contributed by atoms with Crippen LogP contribution < -0.4 is 34.9 Å². The number of carbonyl (C=O) groups is 2. The molecule has 0 rings (SSSR count). The van der Waals surface area contributed by atoms with Crippen molar-refractivity contribution >= 4 is 22.2 Å². The number of nitrogens with one attached hydrogen (secondary N) is 1. The van der Waals surface area contributed by atoms with E-state index in [1.165, 1.54) is 0 Å². The van der Waals surface area contributed by atoms with Gasteiger partial charge >= 0.3 is 41.6 Å². The molecule has 0 aliphatic heterocycles. The first kappa shape index (κ1) is 20.0. The predicted molar refractivity (Wildman–Crippen MR) is 58.3 cm³/mol. The molecule has 1 atom stereocenters. The van der Waals surface area contributed by atoms with E-state index >= 15 is 0 Å². The zero-order valence-electron chi connectivity index (χ0n) is 11.6.